The van der Waals surface area contributed by atoms with Crippen molar-refractivity contribution in [2.24, 2.45) is 0 Å². The number of hydrogen-bond acceptors (Lipinski definition) is 16. The Balaban J connectivity index is 3.12. The lowest BCUT2D eigenvalue weighted by Crippen LogP contribution is -2.34. The first kappa shape index (κ1) is 52.3. The molecule has 0 aliphatic rings. The van der Waals surface area contributed by atoms with Crippen LogP contribution < -0.4 is 5.32 Å². The van der Waals surface area contributed by atoms with Gasteiger partial charge in [-0.1, -0.05) is 19.8 Å². The molecular weight excluding hydrogens is 714 g/mol. The predicted molar refractivity (Wildman–Crippen MR) is 199 cm³/mol. The number of carbonyl (C=O) groups is 2. The molecule has 0 aliphatic heterocycles. The van der Waals surface area contributed by atoms with E-state index in [1.165, 1.54) is 0 Å². The van der Waals surface area contributed by atoms with E-state index in [9.17, 15) is 9.59 Å². The van der Waals surface area contributed by atoms with Gasteiger partial charge >= 0.3 is 12.1 Å². The molecule has 0 saturated heterocycles. The van der Waals surface area contributed by atoms with Crippen LogP contribution in [-0.4, -0.2) is 189 Å². The maximum Gasteiger partial charge on any atom is 0.407 e. The topological polar surface area (TPSA) is 175 Å². The van der Waals surface area contributed by atoms with Gasteiger partial charge in [0.1, 0.15) is 12.2 Å². The zero-order valence-electron chi connectivity index (χ0n) is 33.7. The summed E-state index contributed by atoms with van der Waals surface area (Å²) < 4.78 is 75.7. The molecule has 17 heteroatoms. The molecule has 1 amide bonds. The van der Waals surface area contributed by atoms with E-state index in [0.717, 1.165) is 19.3 Å². The second-order valence-corrected chi connectivity index (χ2v) is 12.5. The highest BCUT2D eigenvalue weighted by Gasteiger charge is 2.15. The van der Waals surface area contributed by atoms with Gasteiger partial charge in [-0.25, -0.2) is 4.79 Å². The van der Waals surface area contributed by atoms with Gasteiger partial charge in [0, 0.05) is 13.0 Å². The predicted octanol–water partition coefficient (Wildman–Crippen LogP) is 2.83. The number of ether oxygens (including phenoxy) is 14. The third-order valence-corrected chi connectivity index (χ3v) is 6.48. The Morgan fingerprint density at radius 3 is 0.963 bits per heavy atom. The minimum atomic E-state index is -0.516. The minimum absolute atomic E-state index is 0.164. The van der Waals surface area contributed by atoms with Crippen molar-refractivity contribution in [3.63, 3.8) is 0 Å². The molecular formula is C37H73NO16. The van der Waals surface area contributed by atoms with Crippen molar-refractivity contribution < 1.29 is 75.9 Å². The van der Waals surface area contributed by atoms with Gasteiger partial charge in [0.05, 0.1) is 159 Å². The monoisotopic (exact) mass is 787 g/mol. The molecule has 0 bridgehead atoms. The summed E-state index contributed by atoms with van der Waals surface area (Å²) in [5, 5.41) is 2.63. The van der Waals surface area contributed by atoms with Crippen molar-refractivity contribution in [3.8, 4) is 0 Å². The Bertz CT molecular complexity index is 790. The van der Waals surface area contributed by atoms with Gasteiger partial charge in [-0.05, 0) is 27.2 Å². The largest absolute Gasteiger partial charge is 0.463 e. The van der Waals surface area contributed by atoms with Crippen LogP contribution in [0.1, 0.15) is 53.4 Å². The lowest BCUT2D eigenvalue weighted by molar-refractivity contribution is -0.145. The van der Waals surface area contributed by atoms with Crippen LogP contribution in [-0.2, 0) is 71.1 Å². The maximum absolute atomic E-state index is 11.5. The van der Waals surface area contributed by atoms with Crippen LogP contribution in [0.25, 0.3) is 0 Å². The first-order valence-electron chi connectivity index (χ1n) is 19.4. The summed E-state index contributed by atoms with van der Waals surface area (Å²) in [5.74, 6) is -0.164. The molecule has 0 aromatic heterocycles. The van der Waals surface area contributed by atoms with Crippen LogP contribution in [0.2, 0.25) is 0 Å². The zero-order chi connectivity index (χ0) is 39.5. The standard InChI is InChI=1S/C37H73NO16/c1-5-6-7-8-35(39)53-34-33-52-32-31-51-30-29-50-28-27-49-26-25-48-24-23-47-22-21-46-20-19-45-18-17-44-16-15-43-14-13-42-12-11-41-10-9-38-36(40)54-37(2,3)4/h5-34H2,1-4H3,(H,38,40). The van der Waals surface area contributed by atoms with Crippen molar-refractivity contribution in [3.05, 3.63) is 0 Å². The second-order valence-electron chi connectivity index (χ2n) is 12.5. The van der Waals surface area contributed by atoms with Crippen molar-refractivity contribution in [2.45, 2.75) is 59.0 Å². The van der Waals surface area contributed by atoms with Gasteiger partial charge in [-0.2, -0.15) is 0 Å². The van der Waals surface area contributed by atoms with E-state index in [1.54, 1.807) is 0 Å². The summed E-state index contributed by atoms with van der Waals surface area (Å²) in [6, 6.07) is 0. The Kier molecular flexibility index (Phi) is 41.0. The van der Waals surface area contributed by atoms with Gasteiger partial charge in [0.25, 0.3) is 0 Å². The van der Waals surface area contributed by atoms with Gasteiger partial charge in [0.2, 0.25) is 0 Å². The Labute approximate surface area is 323 Å². The lowest BCUT2D eigenvalue weighted by atomic mass is 10.2. The third-order valence-electron chi connectivity index (χ3n) is 6.48. The summed E-state index contributed by atoms with van der Waals surface area (Å²) in [6.07, 6.45) is 3.02. The highest BCUT2D eigenvalue weighted by Crippen LogP contribution is 2.06. The normalized spacial score (nSPS) is 11.6. The molecule has 54 heavy (non-hydrogen) atoms. The Morgan fingerprint density at radius 1 is 0.407 bits per heavy atom. The molecule has 0 radical (unpaired) electrons. The van der Waals surface area contributed by atoms with Crippen LogP contribution in [0.5, 0.6) is 0 Å². The number of esters is 1. The van der Waals surface area contributed by atoms with E-state index in [4.69, 9.17) is 66.3 Å². The first-order chi connectivity index (χ1) is 26.3. The van der Waals surface area contributed by atoms with Crippen LogP contribution in [0.15, 0.2) is 0 Å². The van der Waals surface area contributed by atoms with Crippen LogP contribution in [0.3, 0.4) is 0 Å². The molecule has 322 valence electrons. The fraction of sp³-hybridized carbons (Fsp3) is 0.946. The molecule has 0 saturated carbocycles. The van der Waals surface area contributed by atoms with Crippen molar-refractivity contribution >= 4 is 12.1 Å². The summed E-state index contributed by atoms with van der Waals surface area (Å²) >= 11 is 0. The number of unbranched alkanes of at least 4 members (excludes halogenated alkanes) is 2. The van der Waals surface area contributed by atoms with Gasteiger partial charge < -0.3 is 71.6 Å². The quantitative estimate of drug-likeness (QED) is 0.0705. The summed E-state index contributed by atoms with van der Waals surface area (Å²) in [4.78, 5) is 23.0. The van der Waals surface area contributed by atoms with E-state index in [-0.39, 0.29) is 12.6 Å². The third kappa shape index (κ3) is 46.4. The fourth-order valence-corrected chi connectivity index (χ4v) is 3.87. The lowest BCUT2D eigenvalue weighted by Gasteiger charge is -2.19. The van der Waals surface area contributed by atoms with Crippen LogP contribution in [0.4, 0.5) is 4.79 Å². The SMILES string of the molecule is CCCCCC(=O)OCCOCCOCCOCCOCCOCCOCCOCCOCCOCCOCCOCCOCCNC(=O)OC(C)(C)C. The number of rotatable bonds is 43. The van der Waals surface area contributed by atoms with E-state index < -0.39 is 11.7 Å². The van der Waals surface area contributed by atoms with E-state index in [0.29, 0.717) is 172 Å². The molecule has 0 aromatic carbocycles. The van der Waals surface area contributed by atoms with Crippen molar-refractivity contribution in [1.29, 1.82) is 0 Å². The van der Waals surface area contributed by atoms with Crippen molar-refractivity contribution in [2.75, 3.05) is 172 Å². The molecule has 0 spiro atoms. The van der Waals surface area contributed by atoms with Crippen LogP contribution >= 0.6 is 0 Å². The second kappa shape index (κ2) is 42.4. The van der Waals surface area contributed by atoms with Gasteiger partial charge in [-0.3, -0.25) is 4.79 Å². The first-order valence-corrected chi connectivity index (χ1v) is 19.4. The van der Waals surface area contributed by atoms with Gasteiger partial charge in [0.15, 0.2) is 0 Å². The molecule has 1 N–H and O–H groups in total. The fourth-order valence-electron chi connectivity index (χ4n) is 3.87. The van der Waals surface area contributed by atoms with Gasteiger partial charge in [-0.15, -0.1) is 0 Å². The molecule has 0 aliphatic carbocycles. The summed E-state index contributed by atoms with van der Waals surface area (Å²) in [6.45, 7) is 19.4. The highest BCUT2D eigenvalue weighted by atomic mass is 16.6. The summed E-state index contributed by atoms with van der Waals surface area (Å²) in [5.41, 5.74) is -0.516. The number of alkyl carbamates (subject to hydrolysis) is 1. The van der Waals surface area contributed by atoms with Crippen LogP contribution in [0, 0.1) is 0 Å². The van der Waals surface area contributed by atoms with E-state index >= 15 is 0 Å². The molecule has 0 unspecified atom stereocenters. The number of carbonyl (C=O) groups excluding carboxylic acids is 2. The molecule has 0 heterocycles. The van der Waals surface area contributed by atoms with E-state index in [2.05, 4.69) is 12.2 Å². The molecule has 0 rings (SSSR count). The number of hydrogen-bond donors (Lipinski definition) is 1. The molecule has 17 nitrogen and oxygen atoms in total. The zero-order valence-corrected chi connectivity index (χ0v) is 33.7. The summed E-state index contributed by atoms with van der Waals surface area (Å²) in [7, 11) is 0. The smallest absolute Gasteiger partial charge is 0.407 e. The molecule has 0 fully saturated rings. The Morgan fingerprint density at radius 2 is 0.685 bits per heavy atom. The Hall–Kier alpha value is -1.74. The molecule has 0 aromatic rings. The maximum atomic E-state index is 11.5. The average Bonchev–Trinajstić information content (AvgIpc) is 3.13. The molecule has 0 atom stereocenters. The number of nitrogens with one attached hydrogen (secondary N) is 1. The minimum Gasteiger partial charge on any atom is -0.463 e. The highest BCUT2D eigenvalue weighted by molar-refractivity contribution is 5.69. The number of amides is 1. The van der Waals surface area contributed by atoms with Crippen molar-refractivity contribution in [1.82, 2.24) is 5.32 Å². The average molecular weight is 788 g/mol. The van der Waals surface area contributed by atoms with E-state index in [1.807, 2.05) is 20.8 Å².